The smallest absolute Gasteiger partial charge is 0.328 e. The number of rotatable bonds is 9. The highest BCUT2D eigenvalue weighted by Crippen LogP contribution is 2.35. The van der Waals surface area contributed by atoms with Crippen molar-refractivity contribution in [2.24, 2.45) is 5.92 Å². The lowest BCUT2D eigenvalue weighted by Crippen LogP contribution is -2.51. The molecule has 2 aromatic rings. The first kappa shape index (κ1) is 29.5. The fourth-order valence-corrected chi connectivity index (χ4v) is 5.02. The Morgan fingerprint density at radius 2 is 1.76 bits per heavy atom. The number of benzene rings is 2. The van der Waals surface area contributed by atoms with Crippen LogP contribution in [0.2, 0.25) is 10.0 Å². The Labute approximate surface area is 233 Å². The van der Waals surface area contributed by atoms with Crippen LogP contribution in [0.1, 0.15) is 28.8 Å². The first-order valence-corrected chi connectivity index (χ1v) is 13.6. The summed E-state index contributed by atoms with van der Waals surface area (Å²) in [5.41, 5.74) is 0.776. The first-order valence-electron chi connectivity index (χ1n) is 11.7. The van der Waals surface area contributed by atoms with Crippen LogP contribution in [0.25, 0.3) is 6.08 Å². The van der Waals surface area contributed by atoms with Crippen molar-refractivity contribution in [3.05, 3.63) is 69.5 Å². The van der Waals surface area contributed by atoms with E-state index < -0.39 is 35.6 Å². The van der Waals surface area contributed by atoms with Gasteiger partial charge >= 0.3 is 5.97 Å². The molecule has 202 valence electrons. The molecule has 12 heteroatoms. The van der Waals surface area contributed by atoms with Crippen molar-refractivity contribution >= 4 is 64.7 Å². The van der Waals surface area contributed by atoms with Crippen molar-refractivity contribution < 1.29 is 28.7 Å². The van der Waals surface area contributed by atoms with Gasteiger partial charge in [-0.2, -0.15) is 0 Å². The molecule has 0 spiro atoms. The van der Waals surface area contributed by atoms with Crippen molar-refractivity contribution in [2.45, 2.75) is 23.8 Å². The number of likely N-dealkylation sites (tertiary alicyclic amines) is 1. The number of halogens is 3. The van der Waals surface area contributed by atoms with Crippen LogP contribution < -0.4 is 10.6 Å². The Bertz CT molecular complexity index is 1230. The van der Waals surface area contributed by atoms with Gasteiger partial charge in [-0.15, -0.1) is 11.8 Å². The normalized spacial score (nSPS) is 14.8. The number of carbonyl (C=O) groups excluding carboxylic acids is 3. The molecule has 1 heterocycles. The number of aliphatic carboxylic acids is 1. The molecule has 0 saturated carbocycles. The summed E-state index contributed by atoms with van der Waals surface area (Å²) in [5, 5.41) is 15.2. The predicted octanol–water partition coefficient (Wildman–Crippen LogP) is 4.11. The van der Waals surface area contributed by atoms with Gasteiger partial charge in [-0.25, -0.2) is 9.18 Å². The highest BCUT2D eigenvalue weighted by atomic mass is 35.5. The Hall–Kier alpha value is -3.08. The quantitative estimate of drug-likeness (QED) is 0.303. The molecule has 38 heavy (non-hydrogen) atoms. The van der Waals surface area contributed by atoms with Gasteiger partial charge in [-0.3, -0.25) is 14.4 Å². The summed E-state index contributed by atoms with van der Waals surface area (Å²) in [7, 11) is 0. The highest BCUT2D eigenvalue weighted by molar-refractivity contribution is 7.98. The first-order chi connectivity index (χ1) is 18.1. The molecule has 1 atom stereocenters. The molecule has 1 aliphatic rings. The minimum absolute atomic E-state index is 0.162. The lowest BCUT2D eigenvalue weighted by molar-refractivity contribution is -0.142. The molecule has 3 amide bonds. The van der Waals surface area contributed by atoms with Gasteiger partial charge in [-0.1, -0.05) is 29.3 Å². The van der Waals surface area contributed by atoms with Gasteiger partial charge in [-0.05, 0) is 61.1 Å². The zero-order chi connectivity index (χ0) is 27.8. The Balaban J connectivity index is 1.50. The Kier molecular flexibility index (Phi) is 10.6. The van der Waals surface area contributed by atoms with Crippen LogP contribution in [0.5, 0.6) is 0 Å². The summed E-state index contributed by atoms with van der Waals surface area (Å²) in [4.78, 5) is 51.6. The lowest BCUT2D eigenvalue weighted by atomic mass is 9.95. The van der Waals surface area contributed by atoms with Crippen molar-refractivity contribution in [3.63, 3.8) is 0 Å². The van der Waals surface area contributed by atoms with Gasteiger partial charge in [0, 0.05) is 42.1 Å². The molecule has 1 fully saturated rings. The summed E-state index contributed by atoms with van der Waals surface area (Å²) >= 11 is 14.0. The molecule has 0 aromatic heterocycles. The zero-order valence-electron chi connectivity index (χ0n) is 20.4. The van der Waals surface area contributed by atoms with Crippen molar-refractivity contribution in [1.82, 2.24) is 15.5 Å². The number of piperidine rings is 1. The van der Waals surface area contributed by atoms with Crippen LogP contribution in [-0.2, 0) is 14.4 Å². The summed E-state index contributed by atoms with van der Waals surface area (Å²) in [6.07, 6.45) is 5.60. The molecule has 3 N–H and O–H groups in total. The van der Waals surface area contributed by atoms with E-state index in [0.717, 1.165) is 17.0 Å². The maximum Gasteiger partial charge on any atom is 0.328 e. The maximum atomic E-state index is 13.0. The molecule has 0 radical (unpaired) electrons. The summed E-state index contributed by atoms with van der Waals surface area (Å²) < 4.78 is 13.0. The van der Waals surface area contributed by atoms with E-state index in [4.69, 9.17) is 23.2 Å². The minimum atomic E-state index is -1.34. The monoisotopic (exact) mass is 581 g/mol. The third-order valence-electron chi connectivity index (χ3n) is 6.07. The maximum absolute atomic E-state index is 13.0. The second-order valence-electron chi connectivity index (χ2n) is 8.53. The fourth-order valence-electron chi connectivity index (χ4n) is 3.85. The molecule has 1 saturated heterocycles. The Morgan fingerprint density at radius 3 is 2.37 bits per heavy atom. The number of carbonyl (C=O) groups is 4. The average molecular weight is 582 g/mol. The molecular weight excluding hydrogens is 556 g/mol. The number of carboxylic acids is 1. The van der Waals surface area contributed by atoms with E-state index in [2.05, 4.69) is 10.6 Å². The van der Waals surface area contributed by atoms with Gasteiger partial charge < -0.3 is 20.6 Å². The highest BCUT2D eigenvalue weighted by Gasteiger charge is 2.30. The summed E-state index contributed by atoms with van der Waals surface area (Å²) in [6, 6.07) is 7.04. The van der Waals surface area contributed by atoms with E-state index >= 15 is 0 Å². The van der Waals surface area contributed by atoms with E-state index in [1.54, 1.807) is 17.0 Å². The standard InChI is InChI=1S/C26H26Cl2FN3O5S/c1-38-20-8-4-15(22(27)23(20)28)5-9-21(33)32-12-10-17(11-13-32)25(35)31-19(26(36)37)14-30-24(34)16-2-6-18(29)7-3-16/h2-9,17,19H,10-14H2,1H3,(H,30,34)(H,31,35)(H,36,37). The molecular formula is C26H26Cl2FN3O5S. The van der Waals surface area contributed by atoms with Gasteiger partial charge in [0.1, 0.15) is 11.9 Å². The molecule has 8 nitrogen and oxygen atoms in total. The molecule has 1 unspecified atom stereocenters. The fraction of sp³-hybridized carbons (Fsp3) is 0.308. The SMILES string of the molecule is CSc1ccc(C=CC(=O)N2CCC(C(=O)NC(CNC(=O)c3ccc(F)cc3)C(=O)O)CC2)c(Cl)c1Cl. The zero-order valence-corrected chi connectivity index (χ0v) is 22.7. The lowest BCUT2D eigenvalue weighted by Gasteiger charge is -2.31. The predicted molar refractivity (Wildman–Crippen MR) is 145 cm³/mol. The molecule has 2 aromatic carbocycles. The topological polar surface area (TPSA) is 116 Å². The third-order valence-corrected chi connectivity index (χ3v) is 7.86. The van der Waals surface area contributed by atoms with E-state index in [9.17, 15) is 28.7 Å². The molecule has 0 aliphatic carbocycles. The van der Waals surface area contributed by atoms with Crippen LogP contribution >= 0.6 is 35.0 Å². The second-order valence-corrected chi connectivity index (χ2v) is 10.1. The Morgan fingerprint density at radius 1 is 1.11 bits per heavy atom. The van der Waals surface area contributed by atoms with Gasteiger partial charge in [0.05, 0.1) is 10.0 Å². The van der Waals surface area contributed by atoms with Gasteiger partial charge in [0.2, 0.25) is 11.8 Å². The summed E-state index contributed by atoms with van der Waals surface area (Å²) in [5.74, 6) is -3.58. The molecule has 0 bridgehead atoms. The van der Waals surface area contributed by atoms with Crippen molar-refractivity contribution in [1.29, 1.82) is 0 Å². The van der Waals surface area contributed by atoms with Gasteiger partial charge in [0.15, 0.2) is 0 Å². The van der Waals surface area contributed by atoms with Crippen LogP contribution in [0.15, 0.2) is 47.4 Å². The number of amides is 3. The van der Waals surface area contributed by atoms with Crippen LogP contribution in [0, 0.1) is 11.7 Å². The van der Waals surface area contributed by atoms with Crippen LogP contribution in [0.3, 0.4) is 0 Å². The average Bonchev–Trinajstić information content (AvgIpc) is 2.91. The number of thioether (sulfide) groups is 1. The molecule has 3 rings (SSSR count). The third kappa shape index (κ3) is 7.72. The van der Waals surface area contributed by atoms with E-state index in [1.807, 2.05) is 12.3 Å². The summed E-state index contributed by atoms with van der Waals surface area (Å²) in [6.45, 7) is 0.296. The molecule has 1 aliphatic heterocycles. The van der Waals surface area contributed by atoms with Crippen LogP contribution in [0.4, 0.5) is 4.39 Å². The number of nitrogens with zero attached hydrogens (tertiary/aromatic N) is 1. The van der Waals surface area contributed by atoms with E-state index in [1.165, 1.54) is 30.0 Å². The van der Waals surface area contributed by atoms with E-state index in [0.29, 0.717) is 41.5 Å². The second kappa shape index (κ2) is 13.6. The number of nitrogens with one attached hydrogen (secondary N) is 2. The van der Waals surface area contributed by atoms with Crippen molar-refractivity contribution in [2.75, 3.05) is 25.9 Å². The van der Waals surface area contributed by atoms with Crippen molar-refractivity contribution in [3.8, 4) is 0 Å². The number of hydrogen-bond acceptors (Lipinski definition) is 5. The van der Waals surface area contributed by atoms with E-state index in [-0.39, 0.29) is 18.0 Å². The number of hydrogen-bond donors (Lipinski definition) is 3. The number of carboxylic acid groups (broad SMARTS) is 1. The van der Waals surface area contributed by atoms with Crippen LogP contribution in [-0.4, -0.2) is 65.6 Å². The van der Waals surface area contributed by atoms with Gasteiger partial charge in [0.25, 0.3) is 5.91 Å². The largest absolute Gasteiger partial charge is 0.480 e. The minimum Gasteiger partial charge on any atom is -0.480 e.